The molecule has 0 radical (unpaired) electrons. The molecular formula is C16H29NO5. The van der Waals surface area contributed by atoms with Crippen molar-refractivity contribution in [2.45, 2.75) is 66.5 Å². The van der Waals surface area contributed by atoms with E-state index in [1.54, 1.807) is 48.5 Å². The van der Waals surface area contributed by atoms with Crippen molar-refractivity contribution >= 4 is 17.8 Å². The molecule has 128 valence electrons. The van der Waals surface area contributed by atoms with Crippen LogP contribution in [0, 0.1) is 17.8 Å². The first kappa shape index (κ1) is 20.4. The van der Waals surface area contributed by atoms with Crippen molar-refractivity contribution in [1.82, 2.24) is 5.32 Å². The molecule has 6 heteroatoms. The lowest BCUT2D eigenvalue weighted by molar-refractivity contribution is -0.145. The van der Waals surface area contributed by atoms with E-state index in [0.29, 0.717) is 0 Å². The van der Waals surface area contributed by atoms with E-state index < -0.39 is 29.6 Å². The van der Waals surface area contributed by atoms with E-state index in [9.17, 15) is 19.5 Å². The Morgan fingerprint density at radius 2 is 1.55 bits per heavy atom. The molecule has 0 bridgehead atoms. The standard InChI is InChI=1S/C16H29NO5/c1-9(2)11(14(19)20)8-12(18)13(10(3)4)17-15(21)22-16(5,6)7/h9-11,13H,8H2,1-7H3,(H,17,21)(H,19,20)/t11-,13+/m1/s1. The zero-order chi connectivity index (χ0) is 17.7. The summed E-state index contributed by atoms with van der Waals surface area (Å²) in [4.78, 5) is 35.4. The highest BCUT2D eigenvalue weighted by atomic mass is 16.6. The van der Waals surface area contributed by atoms with Gasteiger partial charge in [0.05, 0.1) is 12.0 Å². The lowest BCUT2D eigenvalue weighted by Crippen LogP contribution is -2.47. The predicted molar refractivity (Wildman–Crippen MR) is 83.6 cm³/mol. The van der Waals surface area contributed by atoms with Gasteiger partial charge >= 0.3 is 12.1 Å². The van der Waals surface area contributed by atoms with Crippen molar-refractivity contribution in [3.63, 3.8) is 0 Å². The number of hydrogen-bond acceptors (Lipinski definition) is 4. The molecule has 0 saturated carbocycles. The minimum Gasteiger partial charge on any atom is -0.481 e. The molecule has 0 aromatic carbocycles. The van der Waals surface area contributed by atoms with Crippen molar-refractivity contribution in [2.24, 2.45) is 17.8 Å². The Balaban J connectivity index is 4.92. The van der Waals surface area contributed by atoms with Crippen molar-refractivity contribution in [3.8, 4) is 0 Å². The number of aliphatic carboxylic acids is 1. The molecule has 0 aliphatic rings. The number of amides is 1. The number of nitrogens with one attached hydrogen (secondary N) is 1. The van der Waals surface area contributed by atoms with Crippen LogP contribution < -0.4 is 5.32 Å². The van der Waals surface area contributed by atoms with Crippen LogP contribution in [0.15, 0.2) is 0 Å². The summed E-state index contributed by atoms with van der Waals surface area (Å²) < 4.78 is 5.15. The summed E-state index contributed by atoms with van der Waals surface area (Å²) in [6.45, 7) is 12.3. The minimum absolute atomic E-state index is 0.106. The van der Waals surface area contributed by atoms with E-state index in [1.807, 2.05) is 0 Å². The number of hydrogen-bond donors (Lipinski definition) is 2. The number of carbonyl (C=O) groups is 3. The lowest BCUT2D eigenvalue weighted by Gasteiger charge is -2.26. The monoisotopic (exact) mass is 315 g/mol. The third-order valence-corrected chi connectivity index (χ3v) is 3.23. The van der Waals surface area contributed by atoms with E-state index in [-0.39, 0.29) is 24.0 Å². The van der Waals surface area contributed by atoms with Crippen LogP contribution in [-0.4, -0.2) is 34.6 Å². The van der Waals surface area contributed by atoms with Crippen LogP contribution in [0.2, 0.25) is 0 Å². The smallest absolute Gasteiger partial charge is 0.408 e. The molecule has 2 atom stereocenters. The quantitative estimate of drug-likeness (QED) is 0.753. The maximum atomic E-state index is 12.4. The average molecular weight is 315 g/mol. The first-order valence-corrected chi connectivity index (χ1v) is 7.60. The average Bonchev–Trinajstić information content (AvgIpc) is 2.29. The first-order chi connectivity index (χ1) is 9.85. The molecule has 0 aromatic rings. The Kier molecular flexibility index (Phi) is 7.56. The molecule has 0 aliphatic heterocycles. The van der Waals surface area contributed by atoms with Gasteiger partial charge in [-0.25, -0.2) is 4.79 Å². The van der Waals surface area contributed by atoms with E-state index in [0.717, 1.165) is 0 Å². The molecule has 0 aromatic heterocycles. The number of alkyl carbamates (subject to hydrolysis) is 1. The van der Waals surface area contributed by atoms with Crippen molar-refractivity contribution in [2.75, 3.05) is 0 Å². The summed E-state index contributed by atoms with van der Waals surface area (Å²) >= 11 is 0. The van der Waals surface area contributed by atoms with Crippen LogP contribution in [0.5, 0.6) is 0 Å². The number of ketones is 1. The minimum atomic E-state index is -0.997. The Morgan fingerprint density at radius 3 is 1.86 bits per heavy atom. The Morgan fingerprint density at radius 1 is 1.05 bits per heavy atom. The molecule has 0 rings (SSSR count). The zero-order valence-electron chi connectivity index (χ0n) is 14.6. The zero-order valence-corrected chi connectivity index (χ0v) is 14.6. The maximum absolute atomic E-state index is 12.4. The number of carbonyl (C=O) groups excluding carboxylic acids is 2. The molecule has 0 unspecified atom stereocenters. The Hall–Kier alpha value is -1.59. The van der Waals surface area contributed by atoms with Gasteiger partial charge in [0.2, 0.25) is 0 Å². The number of rotatable bonds is 7. The second-order valence-electron chi connectivity index (χ2n) is 7.23. The van der Waals surface area contributed by atoms with Gasteiger partial charge in [0, 0.05) is 6.42 Å². The topological polar surface area (TPSA) is 92.7 Å². The second kappa shape index (κ2) is 8.15. The number of carboxylic acids is 1. The molecule has 1 amide bonds. The Labute approximate surface area is 132 Å². The molecule has 0 saturated heterocycles. The van der Waals surface area contributed by atoms with Gasteiger partial charge in [-0.2, -0.15) is 0 Å². The van der Waals surface area contributed by atoms with Crippen molar-refractivity contribution < 1.29 is 24.2 Å². The maximum Gasteiger partial charge on any atom is 0.408 e. The molecule has 0 aliphatic carbocycles. The molecule has 0 heterocycles. The van der Waals surface area contributed by atoms with E-state index in [4.69, 9.17) is 4.74 Å². The van der Waals surface area contributed by atoms with Crippen LogP contribution in [0.4, 0.5) is 4.79 Å². The third kappa shape index (κ3) is 7.43. The number of ether oxygens (including phenoxy) is 1. The fourth-order valence-corrected chi connectivity index (χ4v) is 2.01. The Bertz CT molecular complexity index is 409. The third-order valence-electron chi connectivity index (χ3n) is 3.23. The molecule has 0 fully saturated rings. The molecule has 22 heavy (non-hydrogen) atoms. The molecule has 6 nitrogen and oxygen atoms in total. The summed E-state index contributed by atoms with van der Waals surface area (Å²) in [7, 11) is 0. The SMILES string of the molecule is CC(C)[C@H](NC(=O)OC(C)(C)C)C(=O)C[C@@H](C(=O)O)C(C)C. The van der Waals surface area contributed by atoms with Gasteiger partial charge in [-0.3, -0.25) is 9.59 Å². The van der Waals surface area contributed by atoms with E-state index in [2.05, 4.69) is 5.32 Å². The normalized spacial score (nSPS) is 14.6. The van der Waals surface area contributed by atoms with Gasteiger partial charge in [-0.05, 0) is 32.6 Å². The van der Waals surface area contributed by atoms with Crippen LogP contribution in [0.25, 0.3) is 0 Å². The highest BCUT2D eigenvalue weighted by molar-refractivity contribution is 5.90. The van der Waals surface area contributed by atoms with E-state index in [1.165, 1.54) is 0 Å². The molecule has 0 spiro atoms. The number of carboxylic acid groups (broad SMARTS) is 1. The van der Waals surface area contributed by atoms with Crippen molar-refractivity contribution in [3.05, 3.63) is 0 Å². The predicted octanol–water partition coefficient (Wildman–Crippen LogP) is 2.85. The van der Waals surface area contributed by atoms with Crippen LogP contribution >= 0.6 is 0 Å². The van der Waals surface area contributed by atoms with Gasteiger partial charge in [0.25, 0.3) is 0 Å². The highest BCUT2D eigenvalue weighted by Crippen LogP contribution is 2.19. The highest BCUT2D eigenvalue weighted by Gasteiger charge is 2.31. The van der Waals surface area contributed by atoms with Gasteiger partial charge in [0.15, 0.2) is 5.78 Å². The summed E-state index contributed by atoms with van der Waals surface area (Å²) in [6, 6.07) is -0.754. The summed E-state index contributed by atoms with van der Waals surface area (Å²) in [6.07, 6.45) is -0.776. The van der Waals surface area contributed by atoms with Crippen LogP contribution in [0.1, 0.15) is 54.9 Å². The molecular weight excluding hydrogens is 286 g/mol. The van der Waals surface area contributed by atoms with Crippen molar-refractivity contribution in [1.29, 1.82) is 0 Å². The summed E-state index contributed by atoms with van der Waals surface area (Å²) in [5.74, 6) is -2.35. The van der Waals surface area contributed by atoms with Gasteiger partial charge in [-0.1, -0.05) is 27.7 Å². The van der Waals surface area contributed by atoms with Crippen LogP contribution in [-0.2, 0) is 14.3 Å². The van der Waals surface area contributed by atoms with Crippen LogP contribution in [0.3, 0.4) is 0 Å². The number of Topliss-reactive ketones (excluding diaryl/α,β-unsaturated/α-hetero) is 1. The first-order valence-electron chi connectivity index (χ1n) is 7.60. The lowest BCUT2D eigenvalue weighted by atomic mass is 9.86. The largest absolute Gasteiger partial charge is 0.481 e. The second-order valence-corrected chi connectivity index (χ2v) is 7.23. The van der Waals surface area contributed by atoms with E-state index >= 15 is 0 Å². The fourth-order valence-electron chi connectivity index (χ4n) is 2.01. The molecule has 2 N–H and O–H groups in total. The fraction of sp³-hybridized carbons (Fsp3) is 0.812. The van der Waals surface area contributed by atoms with Gasteiger partial charge in [0.1, 0.15) is 5.60 Å². The summed E-state index contributed by atoms with van der Waals surface area (Å²) in [5, 5.41) is 11.7. The van der Waals surface area contributed by atoms with Gasteiger partial charge < -0.3 is 15.2 Å². The summed E-state index contributed by atoms with van der Waals surface area (Å²) in [5.41, 5.74) is -0.657. The van der Waals surface area contributed by atoms with Gasteiger partial charge in [-0.15, -0.1) is 0 Å².